The minimum Gasteiger partial charge on any atom is -0.377 e. The SMILES string of the molecule is CN=C(NC1C2CCOC2C1(C)C)N1CCN(Cc2ccc(Cl)cc2)CC1.I. The topological polar surface area (TPSA) is 40.1 Å². The molecule has 28 heavy (non-hydrogen) atoms. The van der Waals surface area contributed by atoms with Crippen LogP contribution >= 0.6 is 35.6 Å². The highest BCUT2D eigenvalue weighted by Gasteiger charge is 2.59. The van der Waals surface area contributed by atoms with Crippen LogP contribution < -0.4 is 5.32 Å². The number of guanidine groups is 1. The van der Waals surface area contributed by atoms with Gasteiger partial charge in [0, 0.05) is 68.8 Å². The molecule has 2 heterocycles. The van der Waals surface area contributed by atoms with Crippen LogP contribution in [0.15, 0.2) is 29.3 Å². The lowest BCUT2D eigenvalue weighted by atomic mass is 9.57. The van der Waals surface area contributed by atoms with Crippen molar-refractivity contribution in [1.29, 1.82) is 0 Å². The van der Waals surface area contributed by atoms with Crippen molar-refractivity contribution < 1.29 is 4.74 Å². The summed E-state index contributed by atoms with van der Waals surface area (Å²) in [6.45, 7) is 10.6. The minimum atomic E-state index is 0. The third-order valence-corrected chi connectivity index (χ3v) is 6.84. The summed E-state index contributed by atoms with van der Waals surface area (Å²) in [5.41, 5.74) is 1.49. The van der Waals surface area contributed by atoms with Gasteiger partial charge in [-0.05, 0) is 24.1 Å². The molecule has 1 saturated carbocycles. The first-order valence-electron chi connectivity index (χ1n) is 10.1. The van der Waals surface area contributed by atoms with E-state index in [9.17, 15) is 0 Å². The molecule has 3 unspecified atom stereocenters. The molecule has 5 nitrogen and oxygen atoms in total. The molecule has 1 aromatic rings. The van der Waals surface area contributed by atoms with Crippen LogP contribution in [0.3, 0.4) is 0 Å². The first kappa shape index (κ1) is 22.1. The van der Waals surface area contributed by atoms with E-state index >= 15 is 0 Å². The maximum atomic E-state index is 5.99. The Morgan fingerprint density at radius 1 is 1.21 bits per heavy atom. The van der Waals surface area contributed by atoms with Gasteiger partial charge >= 0.3 is 0 Å². The molecule has 3 aliphatic rings. The number of hydrogen-bond acceptors (Lipinski definition) is 3. The van der Waals surface area contributed by atoms with E-state index in [4.69, 9.17) is 16.3 Å². The summed E-state index contributed by atoms with van der Waals surface area (Å²) in [7, 11) is 1.90. The van der Waals surface area contributed by atoms with E-state index in [1.165, 1.54) is 5.56 Å². The number of piperazine rings is 1. The van der Waals surface area contributed by atoms with Crippen LogP contribution in [-0.2, 0) is 11.3 Å². The van der Waals surface area contributed by atoms with Crippen LogP contribution in [0, 0.1) is 11.3 Å². The van der Waals surface area contributed by atoms with E-state index in [0.29, 0.717) is 18.1 Å². The second-order valence-electron chi connectivity index (χ2n) is 8.62. The molecule has 156 valence electrons. The maximum absolute atomic E-state index is 5.99. The number of halogens is 2. The molecule has 1 aliphatic carbocycles. The molecule has 0 amide bonds. The van der Waals surface area contributed by atoms with Gasteiger partial charge in [-0.15, -0.1) is 24.0 Å². The Bertz CT molecular complexity index is 688. The van der Waals surface area contributed by atoms with Crippen molar-refractivity contribution in [2.45, 2.75) is 39.0 Å². The highest BCUT2D eigenvalue weighted by Crippen LogP contribution is 2.52. The second-order valence-corrected chi connectivity index (χ2v) is 9.06. The highest BCUT2D eigenvalue weighted by molar-refractivity contribution is 14.0. The molecule has 0 aromatic heterocycles. The molecular formula is C21H32ClIN4O. The normalized spacial score (nSPS) is 29.6. The third kappa shape index (κ3) is 4.30. The van der Waals surface area contributed by atoms with Gasteiger partial charge in [-0.1, -0.05) is 37.6 Å². The standard InChI is InChI=1S/C21H31ClN4O.HI/c1-21(2)18(17-8-13-27-19(17)21)24-20(23-3)26-11-9-25(10-12-26)14-15-4-6-16(22)7-5-15;/h4-7,17-19H,8-14H2,1-3H3,(H,23,24);1H. The van der Waals surface area contributed by atoms with Gasteiger partial charge < -0.3 is 15.0 Å². The molecular weight excluding hydrogens is 487 g/mol. The lowest BCUT2D eigenvalue weighted by Crippen LogP contribution is -2.68. The van der Waals surface area contributed by atoms with Gasteiger partial charge in [-0.25, -0.2) is 0 Å². The summed E-state index contributed by atoms with van der Waals surface area (Å²) < 4.78 is 5.93. The lowest BCUT2D eigenvalue weighted by molar-refractivity contribution is -0.107. The number of benzene rings is 1. The minimum absolute atomic E-state index is 0. The number of aliphatic imine (C=N–C) groups is 1. The molecule has 0 radical (unpaired) electrons. The number of rotatable bonds is 3. The van der Waals surface area contributed by atoms with Gasteiger partial charge in [0.05, 0.1) is 6.10 Å². The first-order chi connectivity index (χ1) is 13.0. The van der Waals surface area contributed by atoms with Crippen molar-refractivity contribution >= 4 is 41.5 Å². The molecule has 1 aromatic carbocycles. The quantitative estimate of drug-likeness (QED) is 0.378. The first-order valence-corrected chi connectivity index (χ1v) is 10.4. The Morgan fingerprint density at radius 3 is 2.54 bits per heavy atom. The Hall–Kier alpha value is -0.570. The summed E-state index contributed by atoms with van der Waals surface area (Å²) in [4.78, 5) is 9.49. The van der Waals surface area contributed by atoms with Crippen LogP contribution in [-0.4, -0.2) is 67.7 Å². The van der Waals surface area contributed by atoms with Gasteiger partial charge in [-0.2, -0.15) is 0 Å². The third-order valence-electron chi connectivity index (χ3n) is 6.59. The van der Waals surface area contributed by atoms with Crippen molar-refractivity contribution in [3.05, 3.63) is 34.9 Å². The van der Waals surface area contributed by atoms with E-state index in [1.807, 2.05) is 19.2 Å². The Balaban J connectivity index is 0.00000225. The second kappa shape index (κ2) is 9.06. The summed E-state index contributed by atoms with van der Waals surface area (Å²) >= 11 is 5.99. The van der Waals surface area contributed by atoms with Gasteiger partial charge in [-0.3, -0.25) is 9.89 Å². The summed E-state index contributed by atoms with van der Waals surface area (Å²) in [6, 6.07) is 8.64. The average Bonchev–Trinajstić information content (AvgIpc) is 3.12. The Morgan fingerprint density at radius 2 is 1.89 bits per heavy atom. The van der Waals surface area contributed by atoms with E-state index in [1.54, 1.807) is 0 Å². The van der Waals surface area contributed by atoms with E-state index in [0.717, 1.165) is 56.7 Å². The smallest absolute Gasteiger partial charge is 0.193 e. The molecule has 1 N–H and O–H groups in total. The maximum Gasteiger partial charge on any atom is 0.193 e. The molecule has 2 saturated heterocycles. The van der Waals surface area contributed by atoms with Gasteiger partial charge in [0.15, 0.2) is 5.96 Å². The molecule has 0 spiro atoms. The number of fused-ring (bicyclic) bond motifs is 1. The summed E-state index contributed by atoms with van der Waals surface area (Å²) in [5.74, 6) is 1.67. The molecule has 0 bridgehead atoms. The van der Waals surface area contributed by atoms with Crippen LogP contribution in [0.2, 0.25) is 5.02 Å². The zero-order valence-electron chi connectivity index (χ0n) is 17.0. The number of nitrogens with one attached hydrogen (secondary N) is 1. The van der Waals surface area contributed by atoms with Crippen LogP contribution in [0.25, 0.3) is 0 Å². The summed E-state index contributed by atoms with van der Waals surface area (Å²) in [5, 5.41) is 4.57. The fourth-order valence-electron chi connectivity index (χ4n) is 5.02. The van der Waals surface area contributed by atoms with E-state index in [2.05, 4.69) is 46.1 Å². The number of ether oxygens (including phenoxy) is 1. The zero-order chi connectivity index (χ0) is 19.0. The van der Waals surface area contributed by atoms with Crippen molar-refractivity contribution in [1.82, 2.24) is 15.1 Å². The fourth-order valence-corrected chi connectivity index (χ4v) is 5.15. The van der Waals surface area contributed by atoms with Gasteiger partial charge in [0.25, 0.3) is 0 Å². The molecule has 3 fully saturated rings. The average molecular weight is 519 g/mol. The van der Waals surface area contributed by atoms with Crippen LogP contribution in [0.1, 0.15) is 25.8 Å². The summed E-state index contributed by atoms with van der Waals surface area (Å²) in [6.07, 6.45) is 1.57. The predicted molar refractivity (Wildman–Crippen MR) is 126 cm³/mol. The lowest BCUT2D eigenvalue weighted by Gasteiger charge is -2.55. The largest absolute Gasteiger partial charge is 0.377 e. The fraction of sp³-hybridized carbons (Fsp3) is 0.667. The highest BCUT2D eigenvalue weighted by atomic mass is 127. The molecule has 3 atom stereocenters. The predicted octanol–water partition coefficient (Wildman–Crippen LogP) is 3.46. The van der Waals surface area contributed by atoms with Gasteiger partial charge in [0.1, 0.15) is 0 Å². The zero-order valence-corrected chi connectivity index (χ0v) is 20.1. The molecule has 7 heteroatoms. The van der Waals surface area contributed by atoms with Crippen molar-refractivity contribution in [2.75, 3.05) is 39.8 Å². The Kier molecular flexibility index (Phi) is 7.16. The monoisotopic (exact) mass is 518 g/mol. The van der Waals surface area contributed by atoms with Crippen molar-refractivity contribution in [3.8, 4) is 0 Å². The molecule has 2 aliphatic heterocycles. The van der Waals surface area contributed by atoms with Crippen molar-refractivity contribution in [2.24, 2.45) is 16.3 Å². The van der Waals surface area contributed by atoms with Crippen LogP contribution in [0.4, 0.5) is 0 Å². The molecule has 4 rings (SSSR count). The van der Waals surface area contributed by atoms with E-state index < -0.39 is 0 Å². The van der Waals surface area contributed by atoms with Crippen LogP contribution in [0.5, 0.6) is 0 Å². The van der Waals surface area contributed by atoms with Gasteiger partial charge in [0.2, 0.25) is 0 Å². The van der Waals surface area contributed by atoms with E-state index in [-0.39, 0.29) is 29.4 Å². The van der Waals surface area contributed by atoms with Crippen molar-refractivity contribution in [3.63, 3.8) is 0 Å². The Labute approximate surface area is 190 Å². The number of hydrogen-bond donors (Lipinski definition) is 1. The number of nitrogens with zero attached hydrogens (tertiary/aromatic N) is 3.